The van der Waals surface area contributed by atoms with Crippen molar-refractivity contribution in [3.8, 4) is 0 Å². The van der Waals surface area contributed by atoms with E-state index < -0.39 is 0 Å². The Morgan fingerprint density at radius 3 is 2.42 bits per heavy atom. The van der Waals surface area contributed by atoms with Crippen LogP contribution in [0.1, 0.15) is 113 Å². The second-order valence-corrected chi connectivity index (χ2v) is 17.4. The maximum Gasteiger partial charge on any atom is 0.348 e. The lowest BCUT2D eigenvalue weighted by Crippen LogP contribution is -2.62. The highest BCUT2D eigenvalue weighted by atomic mass is 32.1. The number of hydrogen-bond acceptors (Lipinski definition) is 5. The molecule has 0 spiro atoms. The molecule has 4 saturated carbocycles. The van der Waals surface area contributed by atoms with Crippen LogP contribution in [0.4, 0.5) is 0 Å². The van der Waals surface area contributed by atoms with Crippen LogP contribution in [0.5, 0.6) is 0 Å². The molecule has 0 radical (unpaired) electrons. The van der Waals surface area contributed by atoms with E-state index in [0.29, 0.717) is 34.0 Å². The fourth-order valence-electron chi connectivity index (χ4n) is 11.9. The van der Waals surface area contributed by atoms with Gasteiger partial charge in [-0.1, -0.05) is 46.3 Å². The summed E-state index contributed by atoms with van der Waals surface area (Å²) < 4.78 is 5.00. The molecule has 5 aliphatic rings. The third kappa shape index (κ3) is 5.68. The van der Waals surface area contributed by atoms with Crippen molar-refractivity contribution in [3.63, 3.8) is 0 Å². The number of esters is 1. The smallest absolute Gasteiger partial charge is 0.348 e. The molecule has 250 valence electrons. The van der Waals surface area contributed by atoms with Crippen molar-refractivity contribution in [2.24, 2.45) is 51.2 Å². The number of rotatable bonds is 6. The van der Waals surface area contributed by atoms with Gasteiger partial charge in [0.15, 0.2) is 0 Å². The molecule has 5 nitrogen and oxygen atoms in total. The van der Waals surface area contributed by atoms with Gasteiger partial charge in [0, 0.05) is 18.0 Å². The Balaban J connectivity index is 0.00000128. The summed E-state index contributed by atoms with van der Waals surface area (Å²) in [5, 5.41) is 3.38. The van der Waals surface area contributed by atoms with Gasteiger partial charge >= 0.3 is 5.97 Å². The van der Waals surface area contributed by atoms with E-state index in [0.717, 1.165) is 44.2 Å². The second kappa shape index (κ2) is 12.9. The maximum atomic E-state index is 13.8. The number of allylic oxidation sites excluding steroid dienone is 3. The zero-order chi connectivity index (χ0) is 32.8. The molecule has 8 atom stereocenters. The minimum Gasteiger partial charge on any atom is -0.465 e. The first kappa shape index (κ1) is 34.4. The van der Waals surface area contributed by atoms with Crippen LogP contribution in [0.25, 0.3) is 5.57 Å². The summed E-state index contributed by atoms with van der Waals surface area (Å²) in [6.45, 7) is 17.1. The van der Waals surface area contributed by atoms with Gasteiger partial charge in [0.2, 0.25) is 5.91 Å². The van der Waals surface area contributed by atoms with Crippen LogP contribution in [-0.2, 0) is 9.53 Å². The predicted octanol–water partition coefficient (Wildman–Crippen LogP) is 8.86. The summed E-state index contributed by atoms with van der Waals surface area (Å²) in [5.74, 6) is 3.49. The number of thiophene rings is 1. The van der Waals surface area contributed by atoms with Crippen molar-refractivity contribution in [1.29, 1.82) is 0 Å². The van der Waals surface area contributed by atoms with E-state index >= 15 is 0 Å². The molecule has 4 fully saturated rings. The van der Waals surface area contributed by atoms with Gasteiger partial charge in [-0.2, -0.15) is 0 Å². The van der Waals surface area contributed by atoms with Crippen LogP contribution in [0.15, 0.2) is 30.9 Å². The maximum absolute atomic E-state index is 13.8. The Morgan fingerprint density at radius 2 is 1.73 bits per heavy atom. The van der Waals surface area contributed by atoms with Crippen molar-refractivity contribution in [1.82, 2.24) is 10.2 Å². The summed E-state index contributed by atoms with van der Waals surface area (Å²) in [6, 6.07) is 4.07. The monoisotopic (exact) mass is 636 g/mol. The Morgan fingerprint density at radius 1 is 1.00 bits per heavy atom. The number of nitrogens with one attached hydrogen (secondary N) is 1. The highest BCUT2D eigenvalue weighted by molar-refractivity contribution is 7.15. The van der Waals surface area contributed by atoms with Crippen LogP contribution < -0.4 is 5.32 Å². The van der Waals surface area contributed by atoms with Gasteiger partial charge in [-0.05, 0) is 142 Å². The molecule has 1 aromatic heterocycles. The Labute approximate surface area is 277 Å². The van der Waals surface area contributed by atoms with Gasteiger partial charge in [0.1, 0.15) is 4.88 Å². The lowest BCUT2D eigenvalue weighted by molar-refractivity contribution is -0.181. The summed E-state index contributed by atoms with van der Waals surface area (Å²) in [7, 11) is 5.62. The summed E-state index contributed by atoms with van der Waals surface area (Å²) in [5.41, 5.74) is 2.00. The number of methoxy groups -OCH3 is 1. The largest absolute Gasteiger partial charge is 0.465 e. The van der Waals surface area contributed by atoms with Crippen LogP contribution in [0.2, 0.25) is 0 Å². The fraction of sp³-hybridized carbons (Fsp3) is 0.744. The van der Waals surface area contributed by atoms with Gasteiger partial charge < -0.3 is 15.0 Å². The standard InChI is InChI=1S/C36H54N2O3S.C3H6/c1-33(2)26(27-11-12-28(42-27)31(39)41-7)14-18-35(4)29(33)16-19-34(3)24-15-20-36(32(40)37-21-22-38(5)6)17-8-9-25(36)23(24)10-13-30(34)35;1-3-2/h11-12,14,23-25,29-30H,8-10,13,15-22H2,1-7H3,(H,37,40);3H,1H2,2H3. The van der Waals surface area contributed by atoms with Gasteiger partial charge in [-0.25, -0.2) is 4.79 Å². The molecule has 1 N–H and O–H groups in total. The Hall–Kier alpha value is -1.92. The first-order chi connectivity index (χ1) is 21.3. The van der Waals surface area contributed by atoms with E-state index in [2.05, 4.69) is 70.7 Å². The average molecular weight is 637 g/mol. The van der Waals surface area contributed by atoms with Crippen molar-refractivity contribution < 1.29 is 14.3 Å². The Bertz CT molecular complexity index is 1300. The van der Waals surface area contributed by atoms with Crippen molar-refractivity contribution in [2.75, 3.05) is 34.3 Å². The number of carbonyl (C=O) groups is 2. The molecule has 1 amide bonds. The third-order valence-electron chi connectivity index (χ3n) is 13.6. The summed E-state index contributed by atoms with van der Waals surface area (Å²) in [4.78, 5) is 30.1. The van der Waals surface area contributed by atoms with Gasteiger partial charge in [-0.3, -0.25) is 4.79 Å². The molecule has 1 heterocycles. The van der Waals surface area contributed by atoms with Crippen molar-refractivity contribution in [2.45, 2.75) is 98.8 Å². The van der Waals surface area contributed by atoms with Crippen LogP contribution in [-0.4, -0.2) is 51.1 Å². The number of likely N-dealkylation sites (N-methyl/N-ethyl adjacent to an activating group) is 1. The topological polar surface area (TPSA) is 58.6 Å². The molecule has 0 bridgehead atoms. The molecular formula is C39H60N2O3S. The van der Waals surface area contributed by atoms with Gasteiger partial charge in [0.25, 0.3) is 0 Å². The Kier molecular flexibility index (Phi) is 9.90. The van der Waals surface area contributed by atoms with Crippen LogP contribution in [0, 0.1) is 51.2 Å². The second-order valence-electron chi connectivity index (χ2n) is 16.4. The quantitative estimate of drug-likeness (QED) is 0.250. The normalized spacial score (nSPS) is 37.9. The zero-order valence-electron chi connectivity index (χ0n) is 29.5. The number of fused-ring (bicyclic) bond motifs is 7. The molecule has 8 unspecified atom stereocenters. The van der Waals surface area contributed by atoms with E-state index in [1.54, 1.807) is 17.4 Å². The lowest BCUT2D eigenvalue weighted by atomic mass is 9.36. The zero-order valence-corrected chi connectivity index (χ0v) is 30.3. The summed E-state index contributed by atoms with van der Waals surface area (Å²) in [6.07, 6.45) is 16.5. The fourth-order valence-corrected chi connectivity index (χ4v) is 13.0. The van der Waals surface area contributed by atoms with Crippen molar-refractivity contribution in [3.05, 3.63) is 40.6 Å². The molecule has 0 aliphatic heterocycles. The first-order valence-corrected chi connectivity index (χ1v) is 18.5. The lowest BCUT2D eigenvalue weighted by Gasteiger charge is -2.68. The average Bonchev–Trinajstić information content (AvgIpc) is 3.65. The minimum absolute atomic E-state index is 0.0568. The predicted molar refractivity (Wildman–Crippen MR) is 187 cm³/mol. The highest BCUT2D eigenvalue weighted by Crippen LogP contribution is 2.73. The van der Waals surface area contributed by atoms with Gasteiger partial charge in [-0.15, -0.1) is 17.9 Å². The van der Waals surface area contributed by atoms with Crippen LogP contribution >= 0.6 is 11.3 Å². The van der Waals surface area contributed by atoms with E-state index in [4.69, 9.17) is 4.74 Å². The summed E-state index contributed by atoms with van der Waals surface area (Å²) >= 11 is 1.59. The van der Waals surface area contributed by atoms with E-state index in [1.165, 1.54) is 62.5 Å². The highest BCUT2D eigenvalue weighted by Gasteiger charge is 2.66. The number of carbonyl (C=O) groups excluding carboxylic acids is 2. The molecule has 0 aromatic carbocycles. The molecule has 0 saturated heterocycles. The van der Waals surface area contributed by atoms with E-state index in [9.17, 15) is 9.59 Å². The third-order valence-corrected chi connectivity index (χ3v) is 14.7. The van der Waals surface area contributed by atoms with E-state index in [-0.39, 0.29) is 22.2 Å². The van der Waals surface area contributed by atoms with Crippen LogP contribution in [0.3, 0.4) is 0 Å². The number of amides is 1. The number of ether oxygens (including phenoxy) is 1. The van der Waals surface area contributed by atoms with Gasteiger partial charge in [0.05, 0.1) is 12.5 Å². The molecule has 6 rings (SSSR count). The minimum atomic E-state index is -0.236. The molecule has 45 heavy (non-hydrogen) atoms. The van der Waals surface area contributed by atoms with Crippen molar-refractivity contribution >= 4 is 28.8 Å². The molecule has 5 aliphatic carbocycles. The number of hydrogen-bond donors (Lipinski definition) is 1. The molecule has 6 heteroatoms. The number of nitrogens with zero attached hydrogens (tertiary/aromatic N) is 1. The SMILES string of the molecule is C=CC.COC(=O)c1ccc(C2=CCC3(C)C(CCC4(C)C5CCC6(C(=O)NCCN(C)C)CCCC6C5CCC43)C2(C)C)s1. The van der Waals surface area contributed by atoms with E-state index in [1.807, 2.05) is 13.0 Å². The molecule has 1 aromatic rings. The first-order valence-electron chi connectivity index (χ1n) is 17.7. The molecular weight excluding hydrogens is 577 g/mol.